The average Bonchev–Trinajstić information content (AvgIpc) is 3.34. The second-order valence-electron chi connectivity index (χ2n) is 7.60. The summed E-state index contributed by atoms with van der Waals surface area (Å²) in [6.07, 6.45) is 1.38. The zero-order valence-corrected chi connectivity index (χ0v) is 21.1. The first-order valence-corrected chi connectivity index (χ1v) is 11.9. The molecular formula is C26H23N3O7S. The van der Waals surface area contributed by atoms with Crippen molar-refractivity contribution in [2.75, 3.05) is 19.0 Å². The maximum absolute atomic E-state index is 12.8. The molecule has 0 unspecified atom stereocenters. The Hall–Kier alpha value is -4.69. The van der Waals surface area contributed by atoms with Crippen molar-refractivity contribution in [3.05, 3.63) is 85.8 Å². The first kappa shape index (κ1) is 26.9. The molecule has 1 amide bonds. The van der Waals surface area contributed by atoms with Crippen LogP contribution in [0.15, 0.2) is 53.4 Å². The fourth-order valence-electron chi connectivity index (χ4n) is 3.31. The van der Waals surface area contributed by atoms with Gasteiger partial charge in [0.25, 0.3) is 5.91 Å². The number of hydrogen-bond acceptors (Lipinski definition) is 9. The van der Waals surface area contributed by atoms with E-state index in [0.29, 0.717) is 16.9 Å². The number of ether oxygens (including phenoxy) is 3. The van der Waals surface area contributed by atoms with Gasteiger partial charge in [0.1, 0.15) is 29.0 Å². The van der Waals surface area contributed by atoms with Gasteiger partial charge < -0.3 is 19.5 Å². The van der Waals surface area contributed by atoms with Crippen molar-refractivity contribution in [3.8, 4) is 17.6 Å². The van der Waals surface area contributed by atoms with E-state index in [1.807, 2.05) is 6.07 Å². The Balaban J connectivity index is 1.83. The molecule has 0 bridgehead atoms. The molecule has 190 valence electrons. The summed E-state index contributed by atoms with van der Waals surface area (Å²) in [5, 5.41) is 25.5. The predicted octanol–water partition coefficient (Wildman–Crippen LogP) is 5.27. The molecule has 0 atom stereocenters. The van der Waals surface area contributed by atoms with Gasteiger partial charge in [0, 0.05) is 11.6 Å². The lowest BCUT2D eigenvalue weighted by Crippen LogP contribution is -2.15. The average molecular weight is 522 g/mol. The highest BCUT2D eigenvalue weighted by Gasteiger charge is 2.19. The summed E-state index contributed by atoms with van der Waals surface area (Å²) in [5.74, 6) is -0.703. The van der Waals surface area contributed by atoms with Gasteiger partial charge in [0.05, 0.1) is 24.2 Å². The number of rotatable bonds is 10. The molecule has 1 aromatic heterocycles. The third kappa shape index (κ3) is 6.71. The van der Waals surface area contributed by atoms with Crippen molar-refractivity contribution in [3.63, 3.8) is 0 Å². The van der Waals surface area contributed by atoms with Crippen LogP contribution in [0.25, 0.3) is 6.08 Å². The molecule has 0 spiro atoms. The van der Waals surface area contributed by atoms with Crippen LogP contribution in [-0.2, 0) is 16.1 Å². The van der Waals surface area contributed by atoms with E-state index in [2.05, 4.69) is 5.32 Å². The van der Waals surface area contributed by atoms with E-state index in [0.717, 1.165) is 16.9 Å². The molecule has 3 rings (SSSR count). The van der Waals surface area contributed by atoms with Gasteiger partial charge in [-0.1, -0.05) is 12.1 Å². The summed E-state index contributed by atoms with van der Waals surface area (Å²) in [7, 11) is 1.47. The minimum Gasteiger partial charge on any atom is -0.496 e. The van der Waals surface area contributed by atoms with Crippen LogP contribution in [-0.4, -0.2) is 30.5 Å². The highest BCUT2D eigenvalue weighted by molar-refractivity contribution is 7.14. The van der Waals surface area contributed by atoms with Crippen LogP contribution < -0.4 is 14.8 Å². The number of nitrogens with one attached hydrogen (secondary N) is 1. The second-order valence-corrected chi connectivity index (χ2v) is 8.51. The van der Waals surface area contributed by atoms with Crippen molar-refractivity contribution in [2.45, 2.75) is 20.5 Å². The fraction of sp³-hybridized carbons (Fsp3) is 0.192. The number of amides is 1. The number of methoxy groups -OCH3 is 1. The number of carbonyl (C=O) groups excluding carboxylic acids is 2. The Morgan fingerprint density at radius 3 is 2.62 bits per heavy atom. The van der Waals surface area contributed by atoms with E-state index in [9.17, 15) is 25.0 Å². The molecule has 0 aliphatic heterocycles. The van der Waals surface area contributed by atoms with Gasteiger partial charge in [-0.05, 0) is 60.7 Å². The number of carbonyl (C=O) groups is 2. The normalized spacial score (nSPS) is 10.8. The summed E-state index contributed by atoms with van der Waals surface area (Å²) in [4.78, 5) is 35.7. The van der Waals surface area contributed by atoms with E-state index in [4.69, 9.17) is 14.2 Å². The quantitative estimate of drug-likeness (QED) is 0.125. The lowest BCUT2D eigenvalue weighted by atomic mass is 10.1. The van der Waals surface area contributed by atoms with Gasteiger partial charge in [-0.25, -0.2) is 4.79 Å². The van der Waals surface area contributed by atoms with Crippen LogP contribution in [0.5, 0.6) is 11.5 Å². The Kier molecular flexibility index (Phi) is 8.96. The molecule has 10 nitrogen and oxygen atoms in total. The van der Waals surface area contributed by atoms with Crippen molar-refractivity contribution >= 4 is 40.0 Å². The van der Waals surface area contributed by atoms with Crippen LogP contribution >= 0.6 is 11.3 Å². The Morgan fingerprint density at radius 2 is 1.95 bits per heavy atom. The number of anilines is 1. The summed E-state index contributed by atoms with van der Waals surface area (Å²) >= 11 is 1.13. The highest BCUT2D eigenvalue weighted by atomic mass is 32.1. The SMILES string of the molecule is CCOC(=O)c1ccsc1NC(=O)C(C#N)=Cc1ccc(OC)c(COc2ccc(C)cc2[N+](=O)[O-])c1. The molecule has 37 heavy (non-hydrogen) atoms. The number of aryl methyl sites for hydroxylation is 1. The Bertz CT molecular complexity index is 1410. The fourth-order valence-corrected chi connectivity index (χ4v) is 4.08. The van der Waals surface area contributed by atoms with Gasteiger partial charge in [-0.15, -0.1) is 11.3 Å². The Morgan fingerprint density at radius 1 is 1.19 bits per heavy atom. The maximum Gasteiger partial charge on any atom is 0.341 e. The number of esters is 1. The monoisotopic (exact) mass is 521 g/mol. The molecule has 11 heteroatoms. The van der Waals surface area contributed by atoms with E-state index < -0.39 is 16.8 Å². The molecule has 0 saturated heterocycles. The highest BCUT2D eigenvalue weighted by Crippen LogP contribution is 2.30. The third-order valence-corrected chi connectivity index (χ3v) is 5.89. The number of thiophene rings is 1. The van der Waals surface area contributed by atoms with Gasteiger partial charge in [0.15, 0.2) is 5.75 Å². The number of hydrogen-bond donors (Lipinski definition) is 1. The standard InChI is InChI=1S/C26H23N3O7S/c1-4-35-26(31)20-9-10-37-25(20)28-24(30)18(14-27)12-17-6-8-22(34-3)19(13-17)15-36-23-7-5-16(2)11-21(23)29(32)33/h5-13H,4,15H2,1-3H3,(H,28,30). The minimum atomic E-state index is -0.695. The van der Waals surface area contributed by atoms with Crippen molar-refractivity contribution in [2.24, 2.45) is 0 Å². The minimum absolute atomic E-state index is 0.0546. The maximum atomic E-state index is 12.8. The molecule has 0 radical (unpaired) electrons. The van der Waals surface area contributed by atoms with Crippen molar-refractivity contribution < 1.29 is 28.7 Å². The van der Waals surface area contributed by atoms with Crippen LogP contribution in [0.3, 0.4) is 0 Å². The number of nitriles is 1. The van der Waals surface area contributed by atoms with Gasteiger partial charge in [-0.2, -0.15) is 5.26 Å². The van der Waals surface area contributed by atoms with E-state index >= 15 is 0 Å². The summed E-state index contributed by atoms with van der Waals surface area (Å²) in [6.45, 7) is 3.55. The second kappa shape index (κ2) is 12.3. The van der Waals surface area contributed by atoms with E-state index in [1.165, 1.54) is 31.4 Å². The molecule has 3 aromatic rings. The third-order valence-electron chi connectivity index (χ3n) is 5.06. The molecular weight excluding hydrogens is 498 g/mol. The van der Waals surface area contributed by atoms with Gasteiger partial charge >= 0.3 is 11.7 Å². The molecule has 0 saturated carbocycles. The van der Waals surface area contributed by atoms with Crippen molar-refractivity contribution in [1.29, 1.82) is 5.26 Å². The first-order chi connectivity index (χ1) is 17.8. The molecule has 0 aliphatic carbocycles. The first-order valence-electron chi connectivity index (χ1n) is 11.0. The summed E-state index contributed by atoms with van der Waals surface area (Å²) in [5.41, 5.74) is 1.62. The summed E-state index contributed by atoms with van der Waals surface area (Å²) in [6, 6.07) is 13.0. The van der Waals surface area contributed by atoms with Crippen molar-refractivity contribution in [1.82, 2.24) is 0 Å². The number of nitro groups is 1. The number of nitro benzene ring substituents is 1. The van der Waals surface area contributed by atoms with Gasteiger partial charge in [-0.3, -0.25) is 14.9 Å². The number of benzene rings is 2. The lowest BCUT2D eigenvalue weighted by Gasteiger charge is -2.12. The van der Waals surface area contributed by atoms with Crippen LogP contribution in [0, 0.1) is 28.4 Å². The van der Waals surface area contributed by atoms with Crippen LogP contribution in [0.4, 0.5) is 10.7 Å². The lowest BCUT2D eigenvalue weighted by molar-refractivity contribution is -0.386. The molecule has 0 fully saturated rings. The molecule has 1 N–H and O–H groups in total. The Labute approximate surface area is 216 Å². The predicted molar refractivity (Wildman–Crippen MR) is 138 cm³/mol. The zero-order valence-electron chi connectivity index (χ0n) is 20.3. The smallest absolute Gasteiger partial charge is 0.341 e. The van der Waals surface area contributed by atoms with Gasteiger partial charge in [0.2, 0.25) is 0 Å². The van der Waals surface area contributed by atoms with Crippen LogP contribution in [0.1, 0.15) is 34.0 Å². The zero-order chi connectivity index (χ0) is 26.9. The molecule has 2 aromatic carbocycles. The summed E-state index contributed by atoms with van der Waals surface area (Å²) < 4.78 is 16.1. The molecule has 1 heterocycles. The molecule has 0 aliphatic rings. The largest absolute Gasteiger partial charge is 0.496 e. The number of nitrogens with zero attached hydrogens (tertiary/aromatic N) is 2. The van der Waals surface area contributed by atoms with Crippen LogP contribution in [0.2, 0.25) is 0 Å². The topological polar surface area (TPSA) is 141 Å². The van der Waals surface area contributed by atoms with E-state index in [1.54, 1.807) is 43.5 Å². The van der Waals surface area contributed by atoms with E-state index in [-0.39, 0.29) is 40.8 Å².